The predicted molar refractivity (Wildman–Crippen MR) is 150 cm³/mol. The minimum absolute atomic E-state index is 0.0813. The lowest BCUT2D eigenvalue weighted by atomic mass is 10.0. The fraction of sp³-hybridized carbons (Fsp3) is 0.321. The van der Waals surface area contributed by atoms with Gasteiger partial charge in [-0.05, 0) is 55.4 Å². The van der Waals surface area contributed by atoms with Gasteiger partial charge in [-0.1, -0.05) is 0 Å². The Kier molecular flexibility index (Phi) is 6.77. The number of nitrogens with zero attached hydrogens (tertiary/aromatic N) is 4. The van der Waals surface area contributed by atoms with Crippen molar-refractivity contribution in [2.24, 2.45) is 0 Å². The maximum absolute atomic E-state index is 14.7. The number of anilines is 5. The molecule has 3 amide bonds. The summed E-state index contributed by atoms with van der Waals surface area (Å²) in [5.41, 5.74) is 1.34. The highest BCUT2D eigenvalue weighted by Gasteiger charge is 2.47. The number of rotatable bonds is 1. The Morgan fingerprint density at radius 3 is 2.57 bits per heavy atom. The second-order valence-electron chi connectivity index (χ2n) is 10.5. The molecule has 13 nitrogen and oxygen atoms in total. The van der Waals surface area contributed by atoms with Gasteiger partial charge >= 0.3 is 0 Å². The van der Waals surface area contributed by atoms with Crippen LogP contribution in [-0.4, -0.2) is 76.9 Å². The number of likely N-dealkylation sites (N-methyl/N-ethyl adjacent to an activating group) is 1. The fourth-order valence-corrected chi connectivity index (χ4v) is 5.03. The van der Waals surface area contributed by atoms with E-state index in [2.05, 4.69) is 31.2 Å². The van der Waals surface area contributed by atoms with E-state index in [1.165, 1.54) is 14.0 Å². The first-order valence-corrected chi connectivity index (χ1v) is 13.3. The summed E-state index contributed by atoms with van der Waals surface area (Å²) < 4.78 is 26.2. The zero-order valence-electron chi connectivity index (χ0n) is 23.2. The molecule has 6 heterocycles. The van der Waals surface area contributed by atoms with Gasteiger partial charge in [0.1, 0.15) is 11.5 Å². The molecule has 14 heteroatoms. The van der Waals surface area contributed by atoms with Crippen molar-refractivity contribution in [1.29, 1.82) is 0 Å². The van der Waals surface area contributed by atoms with E-state index in [1.54, 1.807) is 35.0 Å². The van der Waals surface area contributed by atoms with Crippen LogP contribution in [-0.2, 0) is 27.5 Å². The first-order chi connectivity index (χ1) is 20.1. The van der Waals surface area contributed by atoms with Gasteiger partial charge in [0.05, 0.1) is 31.2 Å². The van der Waals surface area contributed by atoms with Crippen LogP contribution in [0.2, 0.25) is 0 Å². The zero-order chi connectivity index (χ0) is 29.6. The number of carbonyl (C=O) groups excluding carboxylic acids is 3. The molecule has 1 aromatic heterocycles. The number of methoxy groups -OCH3 is 1. The third-order valence-corrected chi connectivity index (χ3v) is 7.44. The third kappa shape index (κ3) is 5.00. The molecule has 0 radical (unpaired) electrons. The van der Waals surface area contributed by atoms with Crippen LogP contribution in [0.3, 0.4) is 0 Å². The molecular formula is C28H29FN8O5. The normalized spacial score (nSPS) is 20.5. The number of hydrogen-bond donors (Lipinski definition) is 4. The van der Waals surface area contributed by atoms with Crippen molar-refractivity contribution in [2.45, 2.75) is 25.6 Å². The Labute approximate surface area is 240 Å². The van der Waals surface area contributed by atoms with E-state index < -0.39 is 23.2 Å². The number of carbonyl (C=O) groups is 3. The lowest BCUT2D eigenvalue weighted by molar-refractivity contribution is -0.146. The van der Waals surface area contributed by atoms with Crippen molar-refractivity contribution in [1.82, 2.24) is 25.1 Å². The van der Waals surface area contributed by atoms with Gasteiger partial charge in [0.15, 0.2) is 11.6 Å². The summed E-state index contributed by atoms with van der Waals surface area (Å²) in [6.45, 7) is 2.91. The first-order valence-electron chi connectivity index (χ1n) is 13.3. The molecule has 8 rings (SSSR count). The number of fused-ring (bicyclic) bond motifs is 2. The standard InChI is InChI=1S/C28H29FN8O5/c1-28-25(39)30-6-7-36(2)14-23(38)37-12-15-8-19(22(41-3)9-16(15)13-37)34-27-31-11-18(29)24(35-27)32-17-4-5-21(42-28)20(10-17)33-26(28)40/h4-5,8-11H,6-7,12-14H2,1-3H3,(H,30,39)(H,33,40)(H2,31,32,34,35). The number of ether oxygens (including phenoxy) is 2. The molecule has 9 bridgehead atoms. The Balaban J connectivity index is 1.36. The van der Waals surface area contributed by atoms with Gasteiger partial charge < -0.3 is 35.6 Å². The van der Waals surface area contributed by atoms with Crippen LogP contribution in [0, 0.1) is 5.82 Å². The molecule has 0 saturated heterocycles. The van der Waals surface area contributed by atoms with Crippen molar-refractivity contribution in [3.8, 4) is 11.5 Å². The molecule has 218 valence electrons. The Bertz CT molecular complexity index is 1620. The minimum Gasteiger partial charge on any atom is -0.495 e. The van der Waals surface area contributed by atoms with Crippen molar-refractivity contribution in [3.63, 3.8) is 0 Å². The molecule has 2 aromatic carbocycles. The average molecular weight is 577 g/mol. The minimum atomic E-state index is -1.81. The summed E-state index contributed by atoms with van der Waals surface area (Å²) in [5, 5.41) is 11.4. The van der Waals surface area contributed by atoms with Gasteiger partial charge in [0.25, 0.3) is 17.4 Å². The number of hydrogen-bond acceptors (Lipinski definition) is 10. The van der Waals surface area contributed by atoms with E-state index in [4.69, 9.17) is 9.47 Å². The molecule has 0 fully saturated rings. The molecule has 1 atom stereocenters. The number of amides is 3. The smallest absolute Gasteiger partial charge is 0.278 e. The monoisotopic (exact) mass is 576 g/mol. The molecular weight excluding hydrogens is 547 g/mol. The van der Waals surface area contributed by atoms with E-state index in [0.717, 1.165) is 17.3 Å². The van der Waals surface area contributed by atoms with Gasteiger partial charge in [-0.3, -0.25) is 19.3 Å². The maximum Gasteiger partial charge on any atom is 0.278 e. The lowest BCUT2D eigenvalue weighted by Crippen LogP contribution is -2.59. The molecule has 4 N–H and O–H groups in total. The Morgan fingerprint density at radius 2 is 1.79 bits per heavy atom. The van der Waals surface area contributed by atoms with Crippen LogP contribution < -0.4 is 30.7 Å². The molecule has 0 spiro atoms. The zero-order valence-corrected chi connectivity index (χ0v) is 23.2. The van der Waals surface area contributed by atoms with Crippen molar-refractivity contribution in [3.05, 3.63) is 53.5 Å². The first kappa shape index (κ1) is 27.2. The van der Waals surface area contributed by atoms with Crippen LogP contribution >= 0.6 is 0 Å². The van der Waals surface area contributed by atoms with Gasteiger partial charge in [-0.2, -0.15) is 4.98 Å². The van der Waals surface area contributed by atoms with Crippen LogP contribution in [0.4, 0.5) is 33.2 Å². The highest BCUT2D eigenvalue weighted by Crippen LogP contribution is 2.38. The number of halogens is 1. The summed E-state index contributed by atoms with van der Waals surface area (Å²) in [5.74, 6) is -1.27. The molecule has 5 aliphatic rings. The SMILES string of the molecule is COc1cc2c3cc1Nc1ncc(F)c(n1)Nc1ccc4c(c1)NC(=O)C(C)(O4)C(=O)NCCN(C)CC(=O)N(C3)C2. The van der Waals surface area contributed by atoms with Gasteiger partial charge in [0, 0.05) is 31.9 Å². The summed E-state index contributed by atoms with van der Waals surface area (Å²) in [6.07, 6.45) is 1.03. The molecule has 5 aliphatic heterocycles. The highest BCUT2D eigenvalue weighted by atomic mass is 19.1. The number of nitrogens with one attached hydrogen (secondary N) is 4. The van der Waals surface area contributed by atoms with E-state index in [9.17, 15) is 18.8 Å². The number of aromatic nitrogens is 2. The Morgan fingerprint density at radius 1 is 1.00 bits per heavy atom. The van der Waals surface area contributed by atoms with Crippen molar-refractivity contribution in [2.75, 3.05) is 49.7 Å². The van der Waals surface area contributed by atoms with Gasteiger partial charge in [-0.25, -0.2) is 9.37 Å². The molecule has 3 aromatic rings. The van der Waals surface area contributed by atoms with Crippen LogP contribution in [0.15, 0.2) is 36.5 Å². The highest BCUT2D eigenvalue weighted by molar-refractivity contribution is 6.15. The van der Waals surface area contributed by atoms with E-state index >= 15 is 0 Å². The van der Waals surface area contributed by atoms with Gasteiger partial charge in [0.2, 0.25) is 11.9 Å². The summed E-state index contributed by atoms with van der Waals surface area (Å²) in [6, 6.07) is 8.46. The van der Waals surface area contributed by atoms with Crippen molar-refractivity contribution < 1.29 is 28.2 Å². The second kappa shape index (κ2) is 10.4. The van der Waals surface area contributed by atoms with Crippen LogP contribution in [0.1, 0.15) is 18.1 Å². The molecule has 0 saturated carbocycles. The van der Waals surface area contributed by atoms with E-state index in [-0.39, 0.29) is 36.5 Å². The largest absolute Gasteiger partial charge is 0.495 e. The van der Waals surface area contributed by atoms with Crippen LogP contribution in [0.5, 0.6) is 11.5 Å². The maximum atomic E-state index is 14.7. The topological polar surface area (TPSA) is 150 Å². The fourth-order valence-electron chi connectivity index (χ4n) is 5.03. The Hall–Kier alpha value is -4.98. The number of benzene rings is 2. The third-order valence-electron chi connectivity index (χ3n) is 7.44. The second-order valence-corrected chi connectivity index (χ2v) is 10.5. The van der Waals surface area contributed by atoms with Crippen LogP contribution in [0.25, 0.3) is 0 Å². The summed E-state index contributed by atoms with van der Waals surface area (Å²) in [4.78, 5) is 51.0. The lowest BCUT2D eigenvalue weighted by Gasteiger charge is -2.33. The molecule has 1 unspecified atom stereocenters. The van der Waals surface area contributed by atoms with Crippen molar-refractivity contribution >= 4 is 46.5 Å². The predicted octanol–water partition coefficient (Wildman–Crippen LogP) is 2.10. The summed E-state index contributed by atoms with van der Waals surface area (Å²) in [7, 11) is 3.32. The quantitative estimate of drug-likeness (QED) is 0.317. The van der Waals surface area contributed by atoms with Gasteiger partial charge in [-0.15, -0.1) is 0 Å². The average Bonchev–Trinajstić information content (AvgIpc) is 3.38. The van der Waals surface area contributed by atoms with E-state index in [0.29, 0.717) is 42.4 Å². The summed E-state index contributed by atoms with van der Waals surface area (Å²) >= 11 is 0. The van der Waals surface area contributed by atoms with E-state index in [1.807, 2.05) is 12.1 Å². The molecule has 0 aliphatic carbocycles. The molecule has 42 heavy (non-hydrogen) atoms.